The summed E-state index contributed by atoms with van der Waals surface area (Å²) in [5, 5.41) is 0. The van der Waals surface area contributed by atoms with Crippen molar-refractivity contribution in [2.75, 3.05) is 14.2 Å². The van der Waals surface area contributed by atoms with E-state index in [1.165, 1.54) is 18.4 Å². The molecule has 0 amide bonds. The number of nitrogens with one attached hydrogen (secondary N) is 1. The number of quaternary nitrogens is 1. The molecule has 0 aromatic carbocycles. The van der Waals surface area contributed by atoms with Crippen LogP contribution in [0.4, 0.5) is 0 Å². The van der Waals surface area contributed by atoms with Crippen molar-refractivity contribution in [2.24, 2.45) is 0 Å². The molecule has 0 saturated carbocycles. The van der Waals surface area contributed by atoms with Gasteiger partial charge in [0.25, 0.3) is 0 Å². The highest BCUT2D eigenvalue weighted by molar-refractivity contribution is 5.89. The number of hydrogen-bond acceptors (Lipinski definition) is 2. The Balaban J connectivity index is 2.21. The van der Waals surface area contributed by atoms with E-state index < -0.39 is 0 Å². The van der Waals surface area contributed by atoms with Crippen molar-refractivity contribution in [3.63, 3.8) is 0 Å². The number of carbonyl (C=O) groups excluding carboxylic acids is 1. The Morgan fingerprint density at radius 3 is 3.08 bits per heavy atom. The van der Waals surface area contributed by atoms with Crippen molar-refractivity contribution in [2.45, 2.75) is 31.3 Å². The van der Waals surface area contributed by atoms with Crippen LogP contribution in [-0.2, 0) is 9.53 Å². The molecule has 0 radical (unpaired) electrons. The van der Waals surface area contributed by atoms with E-state index in [2.05, 4.69) is 13.1 Å². The van der Waals surface area contributed by atoms with Crippen molar-refractivity contribution < 1.29 is 14.4 Å². The monoisotopic (exact) mass is 182 g/mol. The van der Waals surface area contributed by atoms with E-state index in [0.717, 1.165) is 24.5 Å². The molecule has 2 heterocycles. The summed E-state index contributed by atoms with van der Waals surface area (Å²) in [4.78, 5) is 12.9. The molecular weight excluding hydrogens is 166 g/mol. The summed E-state index contributed by atoms with van der Waals surface area (Å²) in [5.74, 6) is -0.135. The second kappa shape index (κ2) is 3.14. The molecule has 1 fully saturated rings. The highest BCUT2D eigenvalue weighted by atomic mass is 16.5. The molecule has 3 nitrogen and oxygen atoms in total. The summed E-state index contributed by atoms with van der Waals surface area (Å²) in [6.45, 7) is 0. The predicted octanol–water partition coefficient (Wildman–Crippen LogP) is -0.465. The van der Waals surface area contributed by atoms with E-state index in [9.17, 15) is 4.79 Å². The minimum absolute atomic E-state index is 0.135. The molecule has 1 saturated heterocycles. The van der Waals surface area contributed by atoms with E-state index in [4.69, 9.17) is 4.74 Å². The Kier molecular flexibility index (Phi) is 2.12. The first-order chi connectivity index (χ1) is 6.24. The molecular formula is C10H16NO2+. The van der Waals surface area contributed by atoms with E-state index in [1.807, 2.05) is 0 Å². The Hall–Kier alpha value is -0.830. The molecule has 1 N–H and O–H groups in total. The Bertz CT molecular complexity index is 260. The second-order valence-corrected chi connectivity index (χ2v) is 3.96. The largest absolute Gasteiger partial charge is 0.465 e. The summed E-state index contributed by atoms with van der Waals surface area (Å²) in [6.07, 6.45) is 5.48. The van der Waals surface area contributed by atoms with Crippen LogP contribution in [0.3, 0.4) is 0 Å². The predicted molar refractivity (Wildman–Crippen MR) is 48.4 cm³/mol. The van der Waals surface area contributed by atoms with Crippen LogP contribution in [-0.4, -0.2) is 32.2 Å². The lowest BCUT2D eigenvalue weighted by atomic mass is 10.0. The molecule has 0 aromatic rings. The van der Waals surface area contributed by atoms with Crippen molar-refractivity contribution in [1.29, 1.82) is 0 Å². The van der Waals surface area contributed by atoms with E-state index in [-0.39, 0.29) is 5.97 Å². The number of hydrogen-bond donors (Lipinski definition) is 1. The number of carbonyl (C=O) groups is 1. The van der Waals surface area contributed by atoms with Gasteiger partial charge in [0.2, 0.25) is 0 Å². The quantitative estimate of drug-likeness (QED) is 0.556. The van der Waals surface area contributed by atoms with E-state index in [0.29, 0.717) is 6.04 Å². The van der Waals surface area contributed by atoms with Crippen LogP contribution in [0.25, 0.3) is 0 Å². The van der Waals surface area contributed by atoms with Crippen LogP contribution < -0.4 is 4.90 Å². The zero-order valence-electron chi connectivity index (χ0n) is 8.17. The maximum atomic E-state index is 11.4. The van der Waals surface area contributed by atoms with Gasteiger partial charge in [-0.1, -0.05) is 6.08 Å². The average molecular weight is 182 g/mol. The number of ether oxygens (including phenoxy) is 1. The summed E-state index contributed by atoms with van der Waals surface area (Å²) in [5.41, 5.74) is 0.897. The first-order valence-corrected chi connectivity index (χ1v) is 4.85. The van der Waals surface area contributed by atoms with Gasteiger partial charge in [0.1, 0.15) is 6.04 Å². The van der Waals surface area contributed by atoms with Crippen molar-refractivity contribution in [1.82, 2.24) is 0 Å². The molecule has 2 aliphatic heterocycles. The summed E-state index contributed by atoms with van der Waals surface area (Å²) in [7, 11) is 3.64. The normalized spacial score (nSPS) is 37.1. The molecule has 0 spiro atoms. The van der Waals surface area contributed by atoms with Gasteiger partial charge < -0.3 is 9.64 Å². The summed E-state index contributed by atoms with van der Waals surface area (Å²) < 4.78 is 4.77. The van der Waals surface area contributed by atoms with Gasteiger partial charge >= 0.3 is 5.97 Å². The van der Waals surface area contributed by atoms with Crippen LogP contribution in [0.15, 0.2) is 11.6 Å². The minimum atomic E-state index is -0.135. The maximum absolute atomic E-state index is 11.4. The third kappa shape index (κ3) is 1.27. The van der Waals surface area contributed by atoms with Gasteiger partial charge in [0.15, 0.2) is 0 Å². The van der Waals surface area contributed by atoms with E-state index >= 15 is 0 Å². The van der Waals surface area contributed by atoms with Crippen LogP contribution in [0, 0.1) is 0 Å². The van der Waals surface area contributed by atoms with Gasteiger partial charge in [-0.2, -0.15) is 0 Å². The standard InChI is InChI=1S/C10H15NO2/c1-11-7-3-5-8(10(12)13-2)9(11)6-4-7/h5,7,9H,3-4,6H2,1-2H3/p+1/t7-,9?/m0/s1. The Morgan fingerprint density at radius 2 is 2.38 bits per heavy atom. The molecule has 2 rings (SSSR count). The molecule has 2 aliphatic rings. The highest BCUT2D eigenvalue weighted by Gasteiger charge is 2.42. The minimum Gasteiger partial charge on any atom is -0.465 e. The SMILES string of the molecule is COC(=O)C1=CC[C@H]2CCC1[NH+]2C. The third-order valence-corrected chi connectivity index (χ3v) is 3.42. The lowest BCUT2D eigenvalue weighted by Crippen LogP contribution is -3.15. The highest BCUT2D eigenvalue weighted by Crippen LogP contribution is 2.22. The van der Waals surface area contributed by atoms with Crippen molar-refractivity contribution >= 4 is 5.97 Å². The topological polar surface area (TPSA) is 30.7 Å². The number of methoxy groups -OCH3 is 1. The lowest BCUT2D eigenvalue weighted by molar-refractivity contribution is -0.912. The molecule has 13 heavy (non-hydrogen) atoms. The number of esters is 1. The Morgan fingerprint density at radius 1 is 1.62 bits per heavy atom. The fraction of sp³-hybridized carbons (Fsp3) is 0.700. The van der Waals surface area contributed by atoms with Gasteiger partial charge in [0.05, 0.1) is 25.8 Å². The smallest absolute Gasteiger partial charge is 0.339 e. The van der Waals surface area contributed by atoms with E-state index in [1.54, 1.807) is 0 Å². The first kappa shape index (κ1) is 8.75. The average Bonchev–Trinajstić information content (AvgIpc) is 2.41. The fourth-order valence-electron chi connectivity index (χ4n) is 2.57. The zero-order valence-corrected chi connectivity index (χ0v) is 8.17. The Labute approximate surface area is 78.4 Å². The van der Waals surface area contributed by atoms with Gasteiger partial charge in [-0.15, -0.1) is 0 Å². The molecule has 2 bridgehead atoms. The second-order valence-electron chi connectivity index (χ2n) is 3.96. The number of rotatable bonds is 1. The first-order valence-electron chi connectivity index (χ1n) is 4.85. The molecule has 2 unspecified atom stereocenters. The number of fused-ring (bicyclic) bond motifs is 2. The maximum Gasteiger partial charge on any atom is 0.339 e. The van der Waals surface area contributed by atoms with Gasteiger partial charge in [0, 0.05) is 19.3 Å². The molecule has 72 valence electrons. The number of likely N-dealkylation sites (N-methyl/N-ethyl adjacent to an activating group) is 1. The van der Waals surface area contributed by atoms with Crippen LogP contribution in [0.1, 0.15) is 19.3 Å². The van der Waals surface area contributed by atoms with Crippen molar-refractivity contribution in [3.05, 3.63) is 11.6 Å². The molecule has 3 heteroatoms. The molecule has 0 aliphatic carbocycles. The molecule has 0 aromatic heterocycles. The van der Waals surface area contributed by atoms with Crippen LogP contribution in [0.2, 0.25) is 0 Å². The summed E-state index contributed by atoms with van der Waals surface area (Å²) in [6, 6.07) is 1.13. The zero-order chi connectivity index (χ0) is 9.42. The lowest BCUT2D eigenvalue weighted by Gasteiger charge is -2.27. The fourth-order valence-corrected chi connectivity index (χ4v) is 2.57. The van der Waals surface area contributed by atoms with Crippen LogP contribution >= 0.6 is 0 Å². The van der Waals surface area contributed by atoms with Gasteiger partial charge in [-0.25, -0.2) is 4.79 Å². The molecule has 3 atom stereocenters. The van der Waals surface area contributed by atoms with Gasteiger partial charge in [-0.3, -0.25) is 0 Å². The van der Waals surface area contributed by atoms with Crippen molar-refractivity contribution in [3.8, 4) is 0 Å². The van der Waals surface area contributed by atoms with Gasteiger partial charge in [-0.05, 0) is 0 Å². The summed E-state index contributed by atoms with van der Waals surface area (Å²) >= 11 is 0. The van der Waals surface area contributed by atoms with Crippen LogP contribution in [0.5, 0.6) is 0 Å². The third-order valence-electron chi connectivity index (χ3n) is 3.42.